The second-order valence-electron chi connectivity index (χ2n) is 12.6. The van der Waals surface area contributed by atoms with Gasteiger partial charge in [-0.15, -0.1) is 12.4 Å². The minimum absolute atomic E-state index is 0. The van der Waals surface area contributed by atoms with Gasteiger partial charge >= 0.3 is 6.09 Å². The number of carbonyl (C=O) groups excluding carboxylic acids is 1. The van der Waals surface area contributed by atoms with E-state index in [1.165, 1.54) is 110 Å². The molecule has 214 valence electrons. The summed E-state index contributed by atoms with van der Waals surface area (Å²) in [5.41, 5.74) is -0.423. The molecule has 3 fully saturated rings. The molecule has 2 aliphatic heterocycles. The van der Waals surface area contributed by atoms with Crippen LogP contribution in [0.3, 0.4) is 0 Å². The van der Waals surface area contributed by atoms with Crippen LogP contribution in [0.25, 0.3) is 0 Å². The molecule has 1 saturated carbocycles. The standard InChI is InChI=1S/C21H40N2O2.C9H19N.ClH/c1-5-6-10-17-11-9-14-23(15-17)16-18-12-7-8-13-19(18)22-20(24)25-21(2,3)4;1-2-3-5-9-6-4-7-10-8-9;/h17-19H,5-16H2,1-4H3,(H,22,24);9-10H,2-8H2,1H3;1H/t17?,18-,19+;;/m0../s1. The molecule has 2 unspecified atom stereocenters. The fourth-order valence-electron chi connectivity index (χ4n) is 6.12. The van der Waals surface area contributed by atoms with Crippen LogP contribution < -0.4 is 10.6 Å². The third kappa shape index (κ3) is 14.4. The van der Waals surface area contributed by atoms with Crippen molar-refractivity contribution in [1.29, 1.82) is 0 Å². The van der Waals surface area contributed by atoms with E-state index in [-0.39, 0.29) is 24.5 Å². The number of halogens is 1. The molecular formula is C30H60ClN3O2. The maximum Gasteiger partial charge on any atom is 0.407 e. The third-order valence-electron chi connectivity index (χ3n) is 8.04. The second-order valence-corrected chi connectivity index (χ2v) is 12.6. The summed E-state index contributed by atoms with van der Waals surface area (Å²) in [6, 6.07) is 0.277. The van der Waals surface area contributed by atoms with Crippen molar-refractivity contribution in [3.63, 3.8) is 0 Å². The van der Waals surface area contributed by atoms with Gasteiger partial charge in [-0.2, -0.15) is 0 Å². The van der Waals surface area contributed by atoms with Crippen molar-refractivity contribution >= 4 is 18.5 Å². The van der Waals surface area contributed by atoms with Gasteiger partial charge in [0.1, 0.15) is 5.60 Å². The van der Waals surface area contributed by atoms with Gasteiger partial charge in [0.15, 0.2) is 0 Å². The highest BCUT2D eigenvalue weighted by molar-refractivity contribution is 5.85. The molecule has 0 bridgehead atoms. The number of likely N-dealkylation sites (tertiary alicyclic amines) is 1. The van der Waals surface area contributed by atoms with E-state index in [0.29, 0.717) is 5.92 Å². The normalized spacial score (nSPS) is 27.2. The number of piperidine rings is 2. The number of carbonyl (C=O) groups is 1. The Labute approximate surface area is 230 Å². The lowest BCUT2D eigenvalue weighted by molar-refractivity contribution is 0.0443. The highest BCUT2D eigenvalue weighted by atomic mass is 35.5. The Morgan fingerprint density at radius 2 is 1.61 bits per heavy atom. The molecule has 0 radical (unpaired) electrons. The Kier molecular flexibility index (Phi) is 17.4. The summed E-state index contributed by atoms with van der Waals surface area (Å²) < 4.78 is 5.48. The largest absolute Gasteiger partial charge is 0.444 e. The van der Waals surface area contributed by atoms with E-state index in [0.717, 1.165) is 24.8 Å². The van der Waals surface area contributed by atoms with Crippen molar-refractivity contribution in [3.8, 4) is 0 Å². The highest BCUT2D eigenvalue weighted by Crippen LogP contribution is 2.28. The number of hydrogen-bond donors (Lipinski definition) is 2. The van der Waals surface area contributed by atoms with Gasteiger partial charge in [-0.05, 0) is 110 Å². The molecule has 0 aromatic carbocycles. The Balaban J connectivity index is 0.000000495. The Morgan fingerprint density at radius 1 is 0.944 bits per heavy atom. The van der Waals surface area contributed by atoms with Crippen LogP contribution in [-0.4, -0.2) is 55.4 Å². The molecule has 0 aromatic heterocycles. The molecule has 5 nitrogen and oxygen atoms in total. The predicted molar refractivity (Wildman–Crippen MR) is 156 cm³/mol. The molecule has 1 aliphatic carbocycles. The van der Waals surface area contributed by atoms with Gasteiger partial charge in [-0.25, -0.2) is 4.79 Å². The van der Waals surface area contributed by atoms with E-state index < -0.39 is 5.60 Å². The summed E-state index contributed by atoms with van der Waals surface area (Å²) in [6.45, 7) is 16.5. The van der Waals surface area contributed by atoms with E-state index >= 15 is 0 Å². The van der Waals surface area contributed by atoms with Crippen molar-refractivity contribution in [2.24, 2.45) is 17.8 Å². The molecule has 3 aliphatic rings. The Hall–Kier alpha value is -0.520. The van der Waals surface area contributed by atoms with E-state index in [1.807, 2.05) is 20.8 Å². The summed E-state index contributed by atoms with van der Waals surface area (Å²) in [5, 5.41) is 6.62. The summed E-state index contributed by atoms with van der Waals surface area (Å²) in [7, 11) is 0. The highest BCUT2D eigenvalue weighted by Gasteiger charge is 2.31. The maximum atomic E-state index is 12.2. The van der Waals surface area contributed by atoms with Gasteiger partial charge in [-0.1, -0.05) is 52.4 Å². The monoisotopic (exact) mass is 529 g/mol. The number of rotatable bonds is 9. The van der Waals surface area contributed by atoms with Crippen LogP contribution in [0.2, 0.25) is 0 Å². The molecule has 2 heterocycles. The first-order chi connectivity index (χ1) is 16.8. The number of unbranched alkanes of at least 4 members (excludes halogenated alkanes) is 2. The molecule has 6 heteroatoms. The van der Waals surface area contributed by atoms with E-state index in [1.54, 1.807) is 0 Å². The van der Waals surface area contributed by atoms with Crippen molar-refractivity contribution in [1.82, 2.24) is 15.5 Å². The third-order valence-corrected chi connectivity index (χ3v) is 8.04. The minimum atomic E-state index is -0.423. The van der Waals surface area contributed by atoms with Crippen LogP contribution in [-0.2, 0) is 4.74 Å². The smallest absolute Gasteiger partial charge is 0.407 e. The van der Waals surface area contributed by atoms with Crippen LogP contribution in [0.4, 0.5) is 4.79 Å². The zero-order valence-corrected chi connectivity index (χ0v) is 25.2. The van der Waals surface area contributed by atoms with Crippen LogP contribution >= 0.6 is 12.4 Å². The quantitative estimate of drug-likeness (QED) is 0.323. The Morgan fingerprint density at radius 3 is 2.25 bits per heavy atom. The molecule has 2 N–H and O–H groups in total. The SMILES string of the molecule is CCCCC1CCCN(C[C@@H]2CCCC[C@H]2NC(=O)OC(C)(C)C)C1.CCCCC1CCCNC1.Cl. The molecule has 4 atom stereocenters. The van der Waals surface area contributed by atoms with Crippen LogP contribution in [0, 0.1) is 17.8 Å². The summed E-state index contributed by atoms with van der Waals surface area (Å²) >= 11 is 0. The number of hydrogen-bond acceptors (Lipinski definition) is 4. The van der Waals surface area contributed by atoms with Crippen molar-refractivity contribution < 1.29 is 9.53 Å². The van der Waals surface area contributed by atoms with Crippen LogP contribution in [0.1, 0.15) is 125 Å². The number of alkyl carbamates (subject to hydrolysis) is 1. The average molecular weight is 530 g/mol. The fraction of sp³-hybridized carbons (Fsp3) is 0.967. The van der Waals surface area contributed by atoms with Crippen LogP contribution in [0.15, 0.2) is 0 Å². The zero-order chi connectivity index (χ0) is 25.5. The lowest BCUT2D eigenvalue weighted by Crippen LogP contribution is -2.49. The number of ether oxygens (including phenoxy) is 1. The summed E-state index contributed by atoms with van der Waals surface area (Å²) in [5.74, 6) is 2.45. The first-order valence-electron chi connectivity index (χ1n) is 15.2. The van der Waals surface area contributed by atoms with Crippen molar-refractivity contribution in [2.45, 2.75) is 136 Å². The first kappa shape index (κ1) is 33.5. The molecule has 0 aromatic rings. The van der Waals surface area contributed by atoms with Gasteiger partial charge in [0.25, 0.3) is 0 Å². The molecule has 2 saturated heterocycles. The van der Waals surface area contributed by atoms with Gasteiger partial charge in [0.2, 0.25) is 0 Å². The summed E-state index contributed by atoms with van der Waals surface area (Å²) in [4.78, 5) is 14.9. The van der Waals surface area contributed by atoms with E-state index in [4.69, 9.17) is 4.74 Å². The Bertz CT molecular complexity index is 563. The maximum absolute atomic E-state index is 12.2. The molecule has 0 spiro atoms. The number of amides is 1. The van der Waals surface area contributed by atoms with Gasteiger partial charge < -0.3 is 20.3 Å². The number of nitrogens with zero attached hydrogens (tertiary/aromatic N) is 1. The molecular weight excluding hydrogens is 470 g/mol. The van der Waals surface area contributed by atoms with Gasteiger partial charge in [-0.3, -0.25) is 0 Å². The minimum Gasteiger partial charge on any atom is -0.444 e. The molecule has 1 amide bonds. The molecule has 3 rings (SSSR count). The lowest BCUT2D eigenvalue weighted by atomic mass is 9.83. The fourth-order valence-corrected chi connectivity index (χ4v) is 6.12. The van der Waals surface area contributed by atoms with E-state index in [9.17, 15) is 4.79 Å². The topological polar surface area (TPSA) is 53.6 Å². The second kappa shape index (κ2) is 18.7. The lowest BCUT2D eigenvalue weighted by Gasteiger charge is -2.39. The first-order valence-corrected chi connectivity index (χ1v) is 15.2. The zero-order valence-electron chi connectivity index (χ0n) is 24.4. The van der Waals surface area contributed by atoms with Gasteiger partial charge in [0, 0.05) is 19.1 Å². The summed E-state index contributed by atoms with van der Waals surface area (Å²) in [6.07, 6.45) is 18.5. The predicted octanol–water partition coefficient (Wildman–Crippen LogP) is 7.57. The van der Waals surface area contributed by atoms with E-state index in [2.05, 4.69) is 29.4 Å². The molecule has 36 heavy (non-hydrogen) atoms. The average Bonchev–Trinajstić information content (AvgIpc) is 2.83. The number of nitrogens with one attached hydrogen (secondary N) is 2. The van der Waals surface area contributed by atoms with Crippen molar-refractivity contribution in [3.05, 3.63) is 0 Å². The van der Waals surface area contributed by atoms with Gasteiger partial charge in [0.05, 0.1) is 0 Å². The van der Waals surface area contributed by atoms with Crippen molar-refractivity contribution in [2.75, 3.05) is 32.7 Å². The van der Waals surface area contributed by atoms with Crippen LogP contribution in [0.5, 0.6) is 0 Å².